The fraction of sp³-hybridized carbons (Fsp3) is 0.174. The highest BCUT2D eigenvalue weighted by Crippen LogP contribution is 2.32. The van der Waals surface area contributed by atoms with E-state index in [-0.39, 0.29) is 5.56 Å². The molecule has 1 atom stereocenters. The summed E-state index contributed by atoms with van der Waals surface area (Å²) in [5.74, 6) is 1.07. The number of nitrogens with one attached hydrogen (secondary N) is 2. The summed E-state index contributed by atoms with van der Waals surface area (Å²) >= 11 is 0. The number of fused-ring (bicyclic) bond motifs is 1. The van der Waals surface area contributed by atoms with Gasteiger partial charge in [-0.15, -0.1) is 0 Å². The van der Waals surface area contributed by atoms with Crippen molar-refractivity contribution in [2.45, 2.75) is 26.1 Å². The van der Waals surface area contributed by atoms with Crippen molar-refractivity contribution in [2.24, 2.45) is 0 Å². The summed E-state index contributed by atoms with van der Waals surface area (Å²) in [5, 5.41) is 3.96. The van der Waals surface area contributed by atoms with Crippen molar-refractivity contribution >= 4 is 16.7 Å². The third-order valence-corrected chi connectivity index (χ3v) is 4.99. The fourth-order valence-corrected chi connectivity index (χ4v) is 3.40. The summed E-state index contributed by atoms with van der Waals surface area (Å²) in [7, 11) is 0. The minimum Gasteiger partial charge on any atom is -0.363 e. The van der Waals surface area contributed by atoms with Gasteiger partial charge in [0.1, 0.15) is 11.6 Å². The van der Waals surface area contributed by atoms with Crippen molar-refractivity contribution in [2.75, 3.05) is 5.32 Å². The molecule has 2 heterocycles. The van der Waals surface area contributed by atoms with E-state index in [1.165, 1.54) is 12.1 Å². The highest BCUT2D eigenvalue weighted by atomic mass is 19.4. The van der Waals surface area contributed by atoms with E-state index in [1.807, 2.05) is 18.2 Å². The number of aryl methyl sites for hydroxylation is 1. The first-order valence-electron chi connectivity index (χ1n) is 9.62. The molecule has 0 aliphatic rings. The van der Waals surface area contributed by atoms with Crippen molar-refractivity contribution in [1.82, 2.24) is 15.0 Å². The number of aromatic amines is 1. The van der Waals surface area contributed by atoms with Crippen molar-refractivity contribution in [3.05, 3.63) is 88.1 Å². The lowest BCUT2D eigenvalue weighted by molar-refractivity contribution is -0.137. The first-order valence-corrected chi connectivity index (χ1v) is 9.62. The number of hydrogen-bond acceptors (Lipinski definition) is 4. The number of H-pyrrole nitrogens is 1. The molecule has 0 amide bonds. The van der Waals surface area contributed by atoms with E-state index in [0.717, 1.165) is 28.6 Å². The molecular weight excluding hydrogens is 405 g/mol. The van der Waals surface area contributed by atoms with Gasteiger partial charge in [0.05, 0.1) is 11.1 Å². The molecule has 0 radical (unpaired) electrons. The maximum absolute atomic E-state index is 13.1. The van der Waals surface area contributed by atoms with Gasteiger partial charge in [-0.3, -0.25) is 4.79 Å². The number of hydrogen-bond donors (Lipinski definition) is 2. The van der Waals surface area contributed by atoms with Gasteiger partial charge in [0.15, 0.2) is 0 Å². The number of pyridine rings is 1. The zero-order valence-electron chi connectivity index (χ0n) is 16.8. The Morgan fingerprint density at radius 3 is 2.48 bits per heavy atom. The first kappa shape index (κ1) is 20.6. The molecule has 4 rings (SSSR count). The second-order valence-electron chi connectivity index (χ2n) is 7.28. The third kappa shape index (κ3) is 4.42. The number of benzene rings is 2. The normalized spacial score (nSPS) is 12.7. The Bertz CT molecular complexity index is 1290. The van der Waals surface area contributed by atoms with Gasteiger partial charge in [0.25, 0.3) is 0 Å². The van der Waals surface area contributed by atoms with E-state index in [0.29, 0.717) is 22.7 Å². The predicted octanol–water partition coefficient (Wildman–Crippen LogP) is 5.49. The quantitative estimate of drug-likeness (QED) is 0.455. The molecule has 0 saturated carbocycles. The van der Waals surface area contributed by atoms with Gasteiger partial charge in [0, 0.05) is 23.7 Å². The Morgan fingerprint density at radius 2 is 1.77 bits per heavy atom. The van der Waals surface area contributed by atoms with E-state index in [2.05, 4.69) is 20.3 Å². The van der Waals surface area contributed by atoms with Gasteiger partial charge < -0.3 is 10.3 Å². The summed E-state index contributed by atoms with van der Waals surface area (Å²) in [6.45, 7) is 3.54. The topological polar surface area (TPSA) is 70.7 Å². The summed E-state index contributed by atoms with van der Waals surface area (Å²) in [4.78, 5) is 22.9. The molecular formula is C23H19F3N4O. The maximum Gasteiger partial charge on any atom is 0.416 e. The van der Waals surface area contributed by atoms with E-state index >= 15 is 0 Å². The van der Waals surface area contributed by atoms with Crippen molar-refractivity contribution in [3.8, 4) is 11.1 Å². The van der Waals surface area contributed by atoms with Crippen LogP contribution in [0.25, 0.3) is 22.0 Å². The van der Waals surface area contributed by atoms with Gasteiger partial charge in [-0.1, -0.05) is 18.2 Å². The highest BCUT2D eigenvalue weighted by Gasteiger charge is 2.30. The van der Waals surface area contributed by atoms with Crippen LogP contribution in [0.4, 0.5) is 19.0 Å². The van der Waals surface area contributed by atoms with Crippen molar-refractivity contribution < 1.29 is 13.2 Å². The fourth-order valence-electron chi connectivity index (χ4n) is 3.40. The predicted molar refractivity (Wildman–Crippen MR) is 114 cm³/mol. The van der Waals surface area contributed by atoms with Gasteiger partial charge in [0.2, 0.25) is 5.56 Å². The summed E-state index contributed by atoms with van der Waals surface area (Å²) in [6.07, 6.45) is -2.78. The molecule has 31 heavy (non-hydrogen) atoms. The lowest BCUT2D eigenvalue weighted by Gasteiger charge is -2.18. The molecule has 0 bridgehead atoms. The number of anilines is 1. The minimum atomic E-state index is -4.40. The van der Waals surface area contributed by atoms with Crippen LogP contribution in [0.1, 0.15) is 29.9 Å². The monoisotopic (exact) mass is 424 g/mol. The van der Waals surface area contributed by atoms with Gasteiger partial charge >= 0.3 is 6.18 Å². The third-order valence-electron chi connectivity index (χ3n) is 4.99. The van der Waals surface area contributed by atoms with Gasteiger partial charge in [-0.05, 0) is 60.9 Å². The van der Waals surface area contributed by atoms with E-state index < -0.39 is 17.8 Å². The van der Waals surface area contributed by atoms with Crippen LogP contribution >= 0.6 is 0 Å². The minimum absolute atomic E-state index is 0.194. The van der Waals surface area contributed by atoms with E-state index in [4.69, 9.17) is 0 Å². The van der Waals surface area contributed by atoms with Crippen LogP contribution in [0.15, 0.2) is 65.6 Å². The molecule has 0 saturated heterocycles. The number of nitrogens with zero attached hydrogens (tertiary/aromatic N) is 2. The number of alkyl halides is 3. The molecule has 0 fully saturated rings. The lowest BCUT2D eigenvalue weighted by Crippen LogP contribution is -2.11. The largest absolute Gasteiger partial charge is 0.416 e. The lowest BCUT2D eigenvalue weighted by atomic mass is 10.0. The van der Waals surface area contributed by atoms with Crippen molar-refractivity contribution in [3.63, 3.8) is 0 Å². The van der Waals surface area contributed by atoms with Crippen LogP contribution in [0, 0.1) is 6.92 Å². The maximum atomic E-state index is 13.1. The molecule has 158 valence electrons. The molecule has 0 spiro atoms. The molecule has 4 aromatic rings. The molecule has 0 aliphatic heterocycles. The second kappa shape index (κ2) is 7.86. The Hall–Kier alpha value is -3.68. The van der Waals surface area contributed by atoms with Gasteiger partial charge in [-0.2, -0.15) is 13.2 Å². The van der Waals surface area contributed by atoms with Crippen LogP contribution in [-0.2, 0) is 6.18 Å². The van der Waals surface area contributed by atoms with Crippen LogP contribution < -0.4 is 10.9 Å². The summed E-state index contributed by atoms with van der Waals surface area (Å²) in [5.41, 5.74) is 1.99. The van der Waals surface area contributed by atoms with Crippen LogP contribution in [0.3, 0.4) is 0 Å². The summed E-state index contributed by atoms with van der Waals surface area (Å²) in [6, 6.07) is 13.6. The highest BCUT2D eigenvalue weighted by molar-refractivity contribution is 5.92. The number of halogens is 3. The zero-order valence-corrected chi connectivity index (χ0v) is 16.8. The number of rotatable bonds is 4. The first-order chi connectivity index (χ1) is 14.7. The van der Waals surface area contributed by atoms with Gasteiger partial charge in [-0.25, -0.2) is 9.97 Å². The average molecular weight is 424 g/mol. The van der Waals surface area contributed by atoms with Crippen LogP contribution in [0.2, 0.25) is 0 Å². The number of aromatic nitrogens is 3. The van der Waals surface area contributed by atoms with E-state index in [9.17, 15) is 18.0 Å². The average Bonchev–Trinajstić information content (AvgIpc) is 2.73. The molecule has 0 aliphatic carbocycles. The van der Waals surface area contributed by atoms with Crippen molar-refractivity contribution in [1.29, 1.82) is 0 Å². The Labute approximate surface area is 176 Å². The Kier molecular flexibility index (Phi) is 5.22. The molecule has 0 unspecified atom stereocenters. The second-order valence-corrected chi connectivity index (χ2v) is 7.28. The smallest absolute Gasteiger partial charge is 0.363 e. The Balaban J connectivity index is 1.73. The molecule has 8 heteroatoms. The SMILES string of the molecule is Cc1nc(N[C@H](C)c2cccc(C(F)(F)F)c2)c2cc(-c3ccc(=O)[nH]c3)ccc2n1. The Morgan fingerprint density at radius 1 is 1.00 bits per heavy atom. The molecule has 5 nitrogen and oxygen atoms in total. The van der Waals surface area contributed by atoms with Crippen LogP contribution in [0.5, 0.6) is 0 Å². The molecule has 2 aromatic heterocycles. The standard InChI is InChI=1S/C23H19F3N4O/c1-13(15-4-3-5-18(10-15)23(24,25)26)28-22-19-11-16(17-7-9-21(31)27-12-17)6-8-20(19)29-14(2)30-22/h3-13H,1-2H3,(H,27,31)(H,28,29,30)/t13-/m1/s1. The molecule has 2 N–H and O–H groups in total. The van der Waals surface area contributed by atoms with Crippen LogP contribution in [-0.4, -0.2) is 15.0 Å². The zero-order chi connectivity index (χ0) is 22.2. The summed E-state index contributed by atoms with van der Waals surface area (Å²) < 4.78 is 39.3. The van der Waals surface area contributed by atoms with E-state index in [1.54, 1.807) is 32.2 Å². The molecule has 2 aromatic carbocycles.